The smallest absolute Gasteiger partial charge is 0.238 e. The molecule has 1 aliphatic rings. The summed E-state index contributed by atoms with van der Waals surface area (Å²) < 4.78 is 0. The van der Waals surface area contributed by atoms with Gasteiger partial charge >= 0.3 is 0 Å². The third kappa shape index (κ3) is 6.67. The third-order valence-corrected chi connectivity index (χ3v) is 7.16. The predicted molar refractivity (Wildman–Crippen MR) is 138 cm³/mol. The van der Waals surface area contributed by atoms with Crippen LogP contribution in [0.15, 0.2) is 66.0 Å². The molecule has 0 radical (unpaired) electrons. The molecule has 2 N–H and O–H groups in total. The van der Waals surface area contributed by atoms with Gasteiger partial charge in [0.2, 0.25) is 11.8 Å². The maximum atomic E-state index is 12.9. The highest BCUT2D eigenvalue weighted by Gasteiger charge is 2.23. The zero-order valence-corrected chi connectivity index (χ0v) is 20.7. The van der Waals surface area contributed by atoms with Crippen molar-refractivity contribution >= 4 is 40.4 Å². The van der Waals surface area contributed by atoms with Crippen LogP contribution in [0.25, 0.3) is 0 Å². The van der Waals surface area contributed by atoms with Crippen LogP contribution in [0.1, 0.15) is 22.0 Å². The minimum absolute atomic E-state index is 0.00360. The number of nitrogens with one attached hydrogen (secondary N) is 2. The van der Waals surface area contributed by atoms with E-state index >= 15 is 0 Å². The molecule has 0 bridgehead atoms. The summed E-state index contributed by atoms with van der Waals surface area (Å²) >= 11 is 7.77. The first-order valence-corrected chi connectivity index (χ1v) is 12.6. The lowest BCUT2D eigenvalue weighted by Crippen LogP contribution is -2.51. The molecular weight excluding hydrogens is 468 g/mol. The van der Waals surface area contributed by atoms with Crippen molar-refractivity contribution in [1.29, 1.82) is 0 Å². The van der Waals surface area contributed by atoms with Gasteiger partial charge in [0.05, 0.1) is 29.8 Å². The number of hydrogen-bond donors (Lipinski definition) is 2. The normalized spacial score (nSPS) is 15.6. The molecule has 1 saturated heterocycles. The lowest BCUT2D eigenvalue weighted by atomic mass is 10.0. The number of hydrogen-bond acceptors (Lipinski definition) is 5. The Morgan fingerprint density at radius 2 is 1.56 bits per heavy atom. The standard InChI is InChI=1S/C26H29ClN4O2S/c1-19-8-10-20(11-9-19)26(23-7-4-16-34-23)29-25(33)18-31-14-12-30(13-15-31)17-24(32)28-22-6-3-2-5-21(22)27/h2-11,16,26H,12-15,17-18H2,1H3,(H,28,32)(H,29,33). The number of piperazine rings is 1. The molecule has 2 heterocycles. The van der Waals surface area contributed by atoms with Gasteiger partial charge in [-0.1, -0.05) is 59.6 Å². The molecule has 34 heavy (non-hydrogen) atoms. The fraction of sp³-hybridized carbons (Fsp3) is 0.308. The Hall–Kier alpha value is -2.71. The van der Waals surface area contributed by atoms with Crippen LogP contribution in [-0.2, 0) is 9.59 Å². The fourth-order valence-electron chi connectivity index (χ4n) is 4.00. The molecule has 178 valence electrons. The quantitative estimate of drug-likeness (QED) is 0.491. The van der Waals surface area contributed by atoms with Crippen LogP contribution in [0.2, 0.25) is 5.02 Å². The predicted octanol–water partition coefficient (Wildman–Crippen LogP) is 4.17. The van der Waals surface area contributed by atoms with Crippen LogP contribution in [-0.4, -0.2) is 60.9 Å². The number of anilines is 1. The van der Waals surface area contributed by atoms with Crippen molar-refractivity contribution in [2.45, 2.75) is 13.0 Å². The lowest BCUT2D eigenvalue weighted by molar-refractivity contribution is -0.124. The summed E-state index contributed by atoms with van der Waals surface area (Å²) in [5, 5.41) is 8.64. The summed E-state index contributed by atoms with van der Waals surface area (Å²) in [6, 6.07) is 19.4. The largest absolute Gasteiger partial charge is 0.343 e. The summed E-state index contributed by atoms with van der Waals surface area (Å²) in [4.78, 5) is 30.7. The van der Waals surface area contributed by atoms with E-state index in [1.807, 2.05) is 23.6 Å². The number of carbonyl (C=O) groups is 2. The van der Waals surface area contributed by atoms with Crippen molar-refractivity contribution in [2.24, 2.45) is 0 Å². The Morgan fingerprint density at radius 1 is 0.912 bits per heavy atom. The molecule has 1 aliphatic heterocycles. The van der Waals surface area contributed by atoms with E-state index in [1.165, 1.54) is 5.56 Å². The first-order valence-electron chi connectivity index (χ1n) is 11.4. The highest BCUT2D eigenvalue weighted by molar-refractivity contribution is 7.10. The first-order chi connectivity index (χ1) is 16.5. The van der Waals surface area contributed by atoms with Crippen LogP contribution in [0, 0.1) is 6.92 Å². The molecule has 0 spiro atoms. The molecule has 4 rings (SSSR count). The van der Waals surface area contributed by atoms with Gasteiger partial charge in [0.1, 0.15) is 0 Å². The molecule has 0 aliphatic carbocycles. The van der Waals surface area contributed by atoms with E-state index in [0.717, 1.165) is 36.6 Å². The third-order valence-electron chi connectivity index (χ3n) is 5.89. The number of halogens is 1. The molecule has 2 aromatic carbocycles. The Kier molecular flexibility index (Phi) is 8.34. The number of rotatable bonds is 8. The number of carbonyl (C=O) groups excluding carboxylic acids is 2. The summed E-state index contributed by atoms with van der Waals surface area (Å²) in [7, 11) is 0. The molecule has 0 saturated carbocycles. The van der Waals surface area contributed by atoms with Gasteiger partial charge in [0, 0.05) is 31.1 Å². The SMILES string of the molecule is Cc1ccc(C(NC(=O)CN2CCN(CC(=O)Nc3ccccc3Cl)CC2)c2cccs2)cc1. The fourth-order valence-corrected chi connectivity index (χ4v) is 4.99. The number of nitrogens with zero attached hydrogens (tertiary/aromatic N) is 2. The first kappa shape index (κ1) is 24.4. The van der Waals surface area contributed by atoms with Gasteiger partial charge in [-0.05, 0) is 36.1 Å². The van der Waals surface area contributed by atoms with Gasteiger partial charge in [0.25, 0.3) is 0 Å². The minimum Gasteiger partial charge on any atom is -0.343 e. The monoisotopic (exact) mass is 496 g/mol. The maximum absolute atomic E-state index is 12.9. The van der Waals surface area contributed by atoms with Crippen LogP contribution >= 0.6 is 22.9 Å². The van der Waals surface area contributed by atoms with Gasteiger partial charge in [0.15, 0.2) is 0 Å². The van der Waals surface area contributed by atoms with E-state index in [4.69, 9.17) is 11.6 Å². The van der Waals surface area contributed by atoms with E-state index in [9.17, 15) is 9.59 Å². The highest BCUT2D eigenvalue weighted by Crippen LogP contribution is 2.26. The number of aryl methyl sites for hydroxylation is 1. The van der Waals surface area contributed by atoms with Crippen LogP contribution in [0.5, 0.6) is 0 Å². The van der Waals surface area contributed by atoms with Gasteiger partial charge in [-0.3, -0.25) is 19.4 Å². The molecular formula is C26H29ClN4O2S. The molecule has 1 fully saturated rings. The van der Waals surface area contributed by atoms with Crippen LogP contribution < -0.4 is 10.6 Å². The molecule has 1 aromatic heterocycles. The molecule has 3 aromatic rings. The van der Waals surface area contributed by atoms with Crippen molar-refractivity contribution < 1.29 is 9.59 Å². The Balaban J connectivity index is 1.26. The number of para-hydroxylation sites is 1. The van der Waals surface area contributed by atoms with Crippen LogP contribution in [0.3, 0.4) is 0 Å². The van der Waals surface area contributed by atoms with E-state index < -0.39 is 0 Å². The average molecular weight is 497 g/mol. The van der Waals surface area contributed by atoms with Crippen molar-refractivity contribution in [3.63, 3.8) is 0 Å². The second kappa shape index (κ2) is 11.6. The number of benzene rings is 2. The second-order valence-electron chi connectivity index (χ2n) is 8.51. The van der Waals surface area contributed by atoms with Gasteiger partial charge in [-0.2, -0.15) is 0 Å². The zero-order chi connectivity index (χ0) is 23.9. The number of thiophene rings is 1. The van der Waals surface area contributed by atoms with E-state index in [2.05, 4.69) is 57.7 Å². The second-order valence-corrected chi connectivity index (χ2v) is 9.89. The molecule has 6 nitrogen and oxygen atoms in total. The highest BCUT2D eigenvalue weighted by atomic mass is 35.5. The molecule has 8 heteroatoms. The summed E-state index contributed by atoms with van der Waals surface area (Å²) in [5.74, 6) is -0.0833. The Morgan fingerprint density at radius 3 is 2.18 bits per heavy atom. The number of amides is 2. The van der Waals surface area contributed by atoms with E-state index in [1.54, 1.807) is 23.5 Å². The van der Waals surface area contributed by atoms with Crippen molar-refractivity contribution in [1.82, 2.24) is 15.1 Å². The molecule has 2 amide bonds. The molecule has 1 unspecified atom stereocenters. The van der Waals surface area contributed by atoms with E-state index in [-0.39, 0.29) is 17.9 Å². The summed E-state index contributed by atoms with van der Waals surface area (Å²) in [6.07, 6.45) is 0. The van der Waals surface area contributed by atoms with Crippen LogP contribution in [0.4, 0.5) is 5.69 Å². The minimum atomic E-state index is -0.150. The average Bonchev–Trinajstić information content (AvgIpc) is 3.36. The molecule has 1 atom stereocenters. The maximum Gasteiger partial charge on any atom is 0.238 e. The lowest BCUT2D eigenvalue weighted by Gasteiger charge is -2.34. The van der Waals surface area contributed by atoms with Crippen molar-refractivity contribution in [2.75, 3.05) is 44.6 Å². The van der Waals surface area contributed by atoms with Gasteiger partial charge < -0.3 is 10.6 Å². The van der Waals surface area contributed by atoms with E-state index in [0.29, 0.717) is 23.8 Å². The van der Waals surface area contributed by atoms with Gasteiger partial charge in [-0.25, -0.2) is 0 Å². The van der Waals surface area contributed by atoms with Crippen molar-refractivity contribution in [3.05, 3.63) is 87.1 Å². The summed E-state index contributed by atoms with van der Waals surface area (Å²) in [5.41, 5.74) is 2.90. The summed E-state index contributed by atoms with van der Waals surface area (Å²) in [6.45, 7) is 5.64. The topological polar surface area (TPSA) is 64.7 Å². The van der Waals surface area contributed by atoms with Crippen molar-refractivity contribution in [3.8, 4) is 0 Å². The zero-order valence-electron chi connectivity index (χ0n) is 19.2. The Labute approximate surface area is 209 Å². The van der Waals surface area contributed by atoms with Gasteiger partial charge in [-0.15, -0.1) is 11.3 Å². The Bertz CT molecular complexity index is 1100.